The van der Waals surface area contributed by atoms with E-state index < -0.39 is 6.61 Å². The van der Waals surface area contributed by atoms with Gasteiger partial charge in [-0.1, -0.05) is 0 Å². The minimum Gasteiger partial charge on any atom is -0.494 e. The molecule has 0 unspecified atom stereocenters. The lowest BCUT2D eigenvalue weighted by molar-refractivity contribution is -0.0514. The van der Waals surface area contributed by atoms with Crippen molar-refractivity contribution in [2.45, 2.75) is 46.5 Å². The first kappa shape index (κ1) is 21.7. The first-order chi connectivity index (χ1) is 14.4. The number of fused-ring (bicyclic) bond motifs is 1. The molecule has 2 aromatic carbocycles. The van der Waals surface area contributed by atoms with E-state index >= 15 is 0 Å². The zero-order valence-electron chi connectivity index (χ0n) is 17.2. The number of benzene rings is 2. The maximum atomic E-state index is 12.6. The van der Waals surface area contributed by atoms with E-state index in [4.69, 9.17) is 14.2 Å². The van der Waals surface area contributed by atoms with Crippen LogP contribution in [0.4, 0.5) is 8.78 Å². The molecule has 3 rings (SSSR count). The van der Waals surface area contributed by atoms with Crippen LogP contribution in [0.1, 0.15) is 42.3 Å². The van der Waals surface area contributed by atoms with E-state index in [0.29, 0.717) is 12.4 Å². The summed E-state index contributed by atoms with van der Waals surface area (Å²) in [5, 5.41) is 2.83. The first-order valence-electron chi connectivity index (χ1n) is 9.86. The van der Waals surface area contributed by atoms with Gasteiger partial charge in [-0.05, 0) is 51.1 Å². The monoisotopic (exact) mass is 421 g/mol. The van der Waals surface area contributed by atoms with Crippen LogP contribution < -0.4 is 24.3 Å². The third-order valence-corrected chi connectivity index (χ3v) is 4.54. The number of alkyl halides is 2. The smallest absolute Gasteiger partial charge is 0.387 e. The van der Waals surface area contributed by atoms with E-state index in [1.54, 1.807) is 6.92 Å². The van der Waals surface area contributed by atoms with E-state index in [9.17, 15) is 13.6 Å². The fourth-order valence-electron chi connectivity index (χ4n) is 3.30. The number of nitrogens with one attached hydrogen (secondary N) is 1. The van der Waals surface area contributed by atoms with E-state index in [0.717, 1.165) is 23.3 Å². The third-order valence-electron chi connectivity index (χ3n) is 4.54. The summed E-state index contributed by atoms with van der Waals surface area (Å²) in [6, 6.07) is 7.92. The Kier molecular flexibility index (Phi) is 6.97. The van der Waals surface area contributed by atoms with Crippen LogP contribution in [0, 0.1) is 0 Å². The van der Waals surface area contributed by atoms with Gasteiger partial charge < -0.3 is 24.3 Å². The van der Waals surface area contributed by atoms with Crippen LogP contribution in [0.5, 0.6) is 23.0 Å². The Hall–Kier alpha value is -3.03. The molecule has 0 fully saturated rings. The van der Waals surface area contributed by atoms with Crippen molar-refractivity contribution in [2.75, 3.05) is 13.2 Å². The molecule has 0 aromatic heterocycles. The lowest BCUT2D eigenvalue weighted by Gasteiger charge is -2.15. The normalized spacial score (nSPS) is 14.8. The number of hydrogen-bond acceptors (Lipinski definition) is 5. The molecule has 1 N–H and O–H groups in total. The Bertz CT molecular complexity index is 903. The average molecular weight is 421 g/mol. The zero-order valence-corrected chi connectivity index (χ0v) is 17.2. The molecule has 0 saturated heterocycles. The number of halogens is 2. The summed E-state index contributed by atoms with van der Waals surface area (Å²) in [6.07, 6.45) is 0.917. The van der Waals surface area contributed by atoms with E-state index in [1.165, 1.54) is 18.2 Å². The van der Waals surface area contributed by atoms with Gasteiger partial charge in [-0.2, -0.15) is 8.78 Å². The summed E-state index contributed by atoms with van der Waals surface area (Å²) in [4.78, 5) is 12.6. The van der Waals surface area contributed by atoms with Crippen LogP contribution in [-0.4, -0.2) is 31.8 Å². The number of carbonyl (C=O) groups excluding carboxylic acids is 1. The summed E-state index contributed by atoms with van der Waals surface area (Å²) in [7, 11) is 0. The Labute approximate surface area is 174 Å². The van der Waals surface area contributed by atoms with Crippen LogP contribution >= 0.6 is 0 Å². The molecule has 1 amide bonds. The molecule has 0 radical (unpaired) electrons. The predicted octanol–water partition coefficient (Wildman–Crippen LogP) is 4.34. The van der Waals surface area contributed by atoms with Crippen LogP contribution in [-0.2, 0) is 13.0 Å². The second kappa shape index (κ2) is 9.65. The van der Waals surface area contributed by atoms with Crippen molar-refractivity contribution < 1.29 is 32.5 Å². The lowest BCUT2D eigenvalue weighted by atomic mass is 10.1. The Balaban J connectivity index is 1.75. The van der Waals surface area contributed by atoms with E-state index in [1.807, 2.05) is 26.0 Å². The third kappa shape index (κ3) is 5.11. The number of carbonyl (C=O) groups is 1. The van der Waals surface area contributed by atoms with Gasteiger partial charge in [-0.15, -0.1) is 0 Å². The molecule has 1 aliphatic heterocycles. The molecule has 8 heteroatoms. The van der Waals surface area contributed by atoms with Gasteiger partial charge in [0.2, 0.25) is 0 Å². The number of hydrogen-bond donors (Lipinski definition) is 1. The van der Waals surface area contributed by atoms with Crippen LogP contribution in [0.3, 0.4) is 0 Å². The van der Waals surface area contributed by atoms with Gasteiger partial charge in [0.05, 0.1) is 13.2 Å². The van der Waals surface area contributed by atoms with Crippen molar-refractivity contribution in [3.8, 4) is 23.0 Å². The standard InChI is InChI=1S/C22H25F2NO5/c1-4-27-18-10-15-8-13(3)29-19(15)11-16(18)12-25-21(26)14-6-7-17(30-22(23)24)20(9-14)28-5-2/h6-7,9-11,13,22H,4-5,8,12H2,1-3H3,(H,25,26)/t13-/m1/s1. The molecule has 0 saturated carbocycles. The molecule has 162 valence electrons. The maximum Gasteiger partial charge on any atom is 0.387 e. The van der Waals surface area contributed by atoms with Crippen LogP contribution in [0.25, 0.3) is 0 Å². The average Bonchev–Trinajstić information content (AvgIpc) is 3.06. The van der Waals surface area contributed by atoms with Crippen molar-refractivity contribution in [3.63, 3.8) is 0 Å². The van der Waals surface area contributed by atoms with Gasteiger partial charge in [0, 0.05) is 29.7 Å². The lowest BCUT2D eigenvalue weighted by Crippen LogP contribution is -2.23. The molecule has 2 aromatic rings. The Morgan fingerprint density at radius 2 is 1.87 bits per heavy atom. The topological polar surface area (TPSA) is 66.0 Å². The molecule has 1 heterocycles. The highest BCUT2D eigenvalue weighted by Gasteiger charge is 2.22. The highest BCUT2D eigenvalue weighted by molar-refractivity contribution is 5.94. The minimum absolute atomic E-state index is 0.0837. The minimum atomic E-state index is -2.98. The van der Waals surface area contributed by atoms with Crippen molar-refractivity contribution in [1.29, 1.82) is 0 Å². The Morgan fingerprint density at radius 3 is 2.57 bits per heavy atom. The number of ether oxygens (including phenoxy) is 4. The second-order valence-electron chi connectivity index (χ2n) is 6.79. The van der Waals surface area contributed by atoms with Crippen molar-refractivity contribution in [3.05, 3.63) is 47.0 Å². The van der Waals surface area contributed by atoms with Gasteiger partial charge in [0.15, 0.2) is 11.5 Å². The van der Waals surface area contributed by atoms with E-state index in [2.05, 4.69) is 10.1 Å². The maximum absolute atomic E-state index is 12.6. The van der Waals surface area contributed by atoms with Crippen molar-refractivity contribution >= 4 is 5.91 Å². The highest BCUT2D eigenvalue weighted by atomic mass is 19.3. The summed E-state index contributed by atoms with van der Waals surface area (Å²) in [5.41, 5.74) is 2.14. The van der Waals surface area contributed by atoms with Gasteiger partial charge >= 0.3 is 6.61 Å². The molecule has 6 nitrogen and oxygen atoms in total. The molecule has 30 heavy (non-hydrogen) atoms. The molecule has 1 aliphatic rings. The predicted molar refractivity (Wildman–Crippen MR) is 107 cm³/mol. The van der Waals surface area contributed by atoms with Crippen LogP contribution in [0.2, 0.25) is 0 Å². The second-order valence-corrected chi connectivity index (χ2v) is 6.79. The zero-order chi connectivity index (χ0) is 21.7. The SMILES string of the molecule is CCOc1cc2c(cc1CNC(=O)c1ccc(OC(F)F)c(OCC)c1)O[C@H](C)C2. The van der Waals surface area contributed by atoms with Gasteiger partial charge in [-0.25, -0.2) is 0 Å². The summed E-state index contributed by atoms with van der Waals surface area (Å²) < 4.78 is 46.4. The van der Waals surface area contributed by atoms with Gasteiger partial charge in [0.1, 0.15) is 17.6 Å². The first-order valence-corrected chi connectivity index (χ1v) is 9.86. The Morgan fingerprint density at radius 1 is 1.13 bits per heavy atom. The summed E-state index contributed by atoms with van der Waals surface area (Å²) >= 11 is 0. The molecule has 0 aliphatic carbocycles. The molecule has 1 atom stereocenters. The van der Waals surface area contributed by atoms with Crippen molar-refractivity contribution in [1.82, 2.24) is 5.32 Å². The number of rotatable bonds is 9. The quantitative estimate of drug-likeness (QED) is 0.653. The van der Waals surface area contributed by atoms with Gasteiger partial charge in [0.25, 0.3) is 5.91 Å². The summed E-state index contributed by atoms with van der Waals surface area (Å²) in [6.45, 7) is 3.59. The fraction of sp³-hybridized carbons (Fsp3) is 0.409. The molecular weight excluding hydrogens is 396 g/mol. The van der Waals surface area contributed by atoms with Gasteiger partial charge in [-0.3, -0.25) is 4.79 Å². The molecular formula is C22H25F2NO5. The highest BCUT2D eigenvalue weighted by Crippen LogP contribution is 2.35. The fourth-order valence-corrected chi connectivity index (χ4v) is 3.30. The molecule has 0 bridgehead atoms. The molecule has 0 spiro atoms. The van der Waals surface area contributed by atoms with Crippen LogP contribution in [0.15, 0.2) is 30.3 Å². The number of amides is 1. The largest absolute Gasteiger partial charge is 0.494 e. The summed E-state index contributed by atoms with van der Waals surface area (Å²) in [5.74, 6) is 1.08. The van der Waals surface area contributed by atoms with E-state index in [-0.39, 0.29) is 42.2 Å². The van der Waals surface area contributed by atoms with Crippen molar-refractivity contribution in [2.24, 2.45) is 0 Å².